The molecule has 2 aromatic carbocycles. The quantitative estimate of drug-likeness (QED) is 0.156. The summed E-state index contributed by atoms with van der Waals surface area (Å²) in [5.74, 6) is 0.205. The van der Waals surface area contributed by atoms with Crippen molar-refractivity contribution >= 4 is 40.2 Å². The number of nitriles is 1. The summed E-state index contributed by atoms with van der Waals surface area (Å²) in [6.45, 7) is 11.2. The predicted octanol–water partition coefficient (Wildman–Crippen LogP) is 3.85. The topological polar surface area (TPSA) is 134 Å². The van der Waals surface area contributed by atoms with Gasteiger partial charge in [-0.3, -0.25) is 15.6 Å². The number of amides is 1. The van der Waals surface area contributed by atoms with Crippen LogP contribution < -0.4 is 32.1 Å². The number of likely N-dealkylation sites (N-methyl/N-ethyl adjacent to an activating group) is 1. The van der Waals surface area contributed by atoms with E-state index in [0.29, 0.717) is 40.7 Å². The highest BCUT2D eigenvalue weighted by Crippen LogP contribution is 2.29. The first-order valence-electron chi connectivity index (χ1n) is 12.5. The van der Waals surface area contributed by atoms with Gasteiger partial charge in [0.05, 0.1) is 22.6 Å². The van der Waals surface area contributed by atoms with Crippen LogP contribution >= 0.6 is 0 Å². The first-order chi connectivity index (χ1) is 18.5. The Kier molecular flexibility index (Phi) is 8.64. The summed E-state index contributed by atoms with van der Waals surface area (Å²) in [6, 6.07) is 17.4. The Balaban J connectivity index is 1.48. The first-order valence-corrected chi connectivity index (χ1v) is 12.5. The molecule has 10 nitrogen and oxygen atoms in total. The summed E-state index contributed by atoms with van der Waals surface area (Å²) in [5.41, 5.74) is 17.1. The molecule has 1 aromatic heterocycles. The second kappa shape index (κ2) is 12.5. The molecule has 0 radical (unpaired) electrons. The van der Waals surface area contributed by atoms with Crippen molar-refractivity contribution in [2.24, 2.45) is 0 Å². The molecule has 0 aliphatic carbocycles. The Labute approximate surface area is 223 Å². The maximum atomic E-state index is 12.1. The molecule has 1 saturated heterocycles. The van der Waals surface area contributed by atoms with Crippen LogP contribution in [0.4, 0.5) is 34.3 Å². The van der Waals surface area contributed by atoms with Crippen LogP contribution in [-0.2, 0) is 11.3 Å². The van der Waals surface area contributed by atoms with E-state index in [2.05, 4.69) is 55.8 Å². The highest BCUT2D eigenvalue weighted by Gasteiger charge is 2.17. The van der Waals surface area contributed by atoms with Gasteiger partial charge in [0.1, 0.15) is 11.9 Å². The lowest BCUT2D eigenvalue weighted by atomic mass is 10.2. The van der Waals surface area contributed by atoms with Gasteiger partial charge in [0.15, 0.2) is 0 Å². The fourth-order valence-corrected chi connectivity index (χ4v) is 4.17. The van der Waals surface area contributed by atoms with Gasteiger partial charge in [0.25, 0.3) is 0 Å². The molecule has 3 aromatic rings. The Bertz CT molecular complexity index is 1310. The average Bonchev–Trinajstić information content (AvgIpc) is 2.96. The van der Waals surface area contributed by atoms with Gasteiger partial charge in [0, 0.05) is 56.4 Å². The fourth-order valence-electron chi connectivity index (χ4n) is 4.17. The number of carbonyl (C=O) groups excluding carboxylic acids is 1. The summed E-state index contributed by atoms with van der Waals surface area (Å²) in [7, 11) is 0. The van der Waals surface area contributed by atoms with Gasteiger partial charge in [-0.15, -0.1) is 0 Å². The molecule has 1 fully saturated rings. The number of rotatable bonds is 10. The van der Waals surface area contributed by atoms with Gasteiger partial charge >= 0.3 is 0 Å². The average molecular weight is 512 g/mol. The number of nitrogens with one attached hydrogen (secondary N) is 4. The van der Waals surface area contributed by atoms with E-state index in [0.717, 1.165) is 44.0 Å². The van der Waals surface area contributed by atoms with Gasteiger partial charge in [0.2, 0.25) is 5.91 Å². The number of anilines is 6. The minimum absolute atomic E-state index is 0.299. The number of hydrogen-bond donors (Lipinski definition) is 5. The lowest BCUT2D eigenvalue weighted by molar-refractivity contribution is -0.111. The van der Waals surface area contributed by atoms with Gasteiger partial charge < -0.3 is 26.2 Å². The zero-order valence-electron chi connectivity index (χ0n) is 21.5. The summed E-state index contributed by atoms with van der Waals surface area (Å²) >= 11 is 0. The monoisotopic (exact) mass is 511 g/mol. The predicted molar refractivity (Wildman–Crippen MR) is 154 cm³/mol. The first kappa shape index (κ1) is 26.3. The molecule has 0 bridgehead atoms. The molecule has 196 valence electrons. The van der Waals surface area contributed by atoms with Gasteiger partial charge in [-0.2, -0.15) is 5.26 Å². The molecule has 1 aliphatic rings. The molecule has 2 heterocycles. The minimum atomic E-state index is -0.299. The number of nitrogen functional groups attached to an aromatic ring is 1. The van der Waals surface area contributed by atoms with E-state index in [9.17, 15) is 10.1 Å². The number of piperazine rings is 1. The van der Waals surface area contributed by atoms with Crippen LogP contribution in [0.1, 0.15) is 18.1 Å². The van der Waals surface area contributed by atoms with Gasteiger partial charge in [-0.05, 0) is 48.5 Å². The largest absolute Gasteiger partial charge is 0.399 e. The standard InChI is InChI=1S/C28H33N9O/c1-3-28(38)33-26-15-23(37-13-11-36(4-2)12-14-37)9-10-24(26)34-35-27-16-25(21(17-29)19-32-27)31-18-20-5-7-22(30)8-6-20/h3,5-10,15-16,19,34H,1,4,11-14,18,30H2,2H3,(H,33,38)(H2,31,32,35). The molecule has 0 saturated carbocycles. The summed E-state index contributed by atoms with van der Waals surface area (Å²) in [4.78, 5) is 21.2. The molecule has 10 heteroatoms. The molecule has 0 unspecified atom stereocenters. The summed E-state index contributed by atoms with van der Waals surface area (Å²) < 4.78 is 0. The van der Waals surface area contributed by atoms with Crippen molar-refractivity contribution in [3.8, 4) is 6.07 Å². The number of benzene rings is 2. The minimum Gasteiger partial charge on any atom is -0.399 e. The number of nitrogens with two attached hydrogens (primary N) is 1. The number of nitrogens with zero attached hydrogens (tertiary/aromatic N) is 4. The Morgan fingerprint density at radius 1 is 1.08 bits per heavy atom. The van der Waals surface area contributed by atoms with E-state index in [1.54, 1.807) is 6.07 Å². The van der Waals surface area contributed by atoms with E-state index in [4.69, 9.17) is 5.73 Å². The van der Waals surface area contributed by atoms with E-state index in [1.807, 2.05) is 42.5 Å². The van der Waals surface area contributed by atoms with Crippen LogP contribution in [0.25, 0.3) is 0 Å². The van der Waals surface area contributed by atoms with Crippen LogP contribution in [0.2, 0.25) is 0 Å². The second-order valence-corrected chi connectivity index (χ2v) is 8.92. The van der Waals surface area contributed by atoms with Gasteiger partial charge in [-0.1, -0.05) is 25.6 Å². The third-order valence-corrected chi connectivity index (χ3v) is 6.44. The molecule has 0 atom stereocenters. The highest BCUT2D eigenvalue weighted by atomic mass is 16.1. The van der Waals surface area contributed by atoms with Crippen molar-refractivity contribution in [2.45, 2.75) is 13.5 Å². The van der Waals surface area contributed by atoms with E-state index >= 15 is 0 Å². The van der Waals surface area contributed by atoms with Crippen LogP contribution in [0.15, 0.2) is 67.4 Å². The molecule has 4 rings (SSSR count). The number of hydrazine groups is 1. The highest BCUT2D eigenvalue weighted by molar-refractivity contribution is 6.01. The zero-order chi connectivity index (χ0) is 26.9. The zero-order valence-corrected chi connectivity index (χ0v) is 21.5. The lowest BCUT2D eigenvalue weighted by Gasteiger charge is -2.35. The Morgan fingerprint density at radius 2 is 1.84 bits per heavy atom. The van der Waals surface area contributed by atoms with Gasteiger partial charge in [-0.25, -0.2) is 4.98 Å². The van der Waals surface area contributed by atoms with Crippen LogP contribution in [-0.4, -0.2) is 48.5 Å². The lowest BCUT2D eigenvalue weighted by Crippen LogP contribution is -2.46. The number of pyridine rings is 1. The number of carbonyl (C=O) groups is 1. The maximum absolute atomic E-state index is 12.1. The van der Waals surface area contributed by atoms with E-state index in [-0.39, 0.29) is 5.91 Å². The van der Waals surface area contributed by atoms with Crippen molar-refractivity contribution in [1.29, 1.82) is 5.26 Å². The van der Waals surface area contributed by atoms with Crippen LogP contribution in [0, 0.1) is 11.3 Å². The summed E-state index contributed by atoms with van der Waals surface area (Å²) in [5, 5.41) is 15.7. The number of hydrogen-bond acceptors (Lipinski definition) is 9. The third-order valence-electron chi connectivity index (χ3n) is 6.44. The number of aromatic nitrogens is 1. The van der Waals surface area contributed by atoms with Crippen molar-refractivity contribution in [3.05, 3.63) is 78.5 Å². The maximum Gasteiger partial charge on any atom is 0.247 e. The molecule has 1 amide bonds. The SMILES string of the molecule is C=CC(=O)Nc1cc(N2CCN(CC)CC2)ccc1NNc1cc(NCc2ccc(N)cc2)c(C#N)cn1. The molecule has 0 spiro atoms. The molecule has 38 heavy (non-hydrogen) atoms. The van der Waals surface area contributed by atoms with Crippen molar-refractivity contribution in [1.82, 2.24) is 9.88 Å². The molecular weight excluding hydrogens is 478 g/mol. The van der Waals surface area contributed by atoms with E-state index in [1.165, 1.54) is 12.3 Å². The van der Waals surface area contributed by atoms with Crippen molar-refractivity contribution in [3.63, 3.8) is 0 Å². The molecule has 1 aliphatic heterocycles. The van der Waals surface area contributed by atoms with Crippen LogP contribution in [0.3, 0.4) is 0 Å². The van der Waals surface area contributed by atoms with E-state index < -0.39 is 0 Å². The second-order valence-electron chi connectivity index (χ2n) is 8.92. The van der Waals surface area contributed by atoms with Crippen LogP contribution in [0.5, 0.6) is 0 Å². The normalized spacial score (nSPS) is 13.3. The van der Waals surface area contributed by atoms with Crippen molar-refractivity contribution < 1.29 is 4.79 Å². The Morgan fingerprint density at radius 3 is 2.53 bits per heavy atom. The molecular formula is C28H33N9O. The fraction of sp³-hybridized carbons (Fsp3) is 0.250. The smallest absolute Gasteiger partial charge is 0.247 e. The Hall–Kier alpha value is -4.75. The third kappa shape index (κ3) is 6.72. The molecule has 6 N–H and O–H groups in total. The van der Waals surface area contributed by atoms with Crippen molar-refractivity contribution in [2.75, 3.05) is 64.8 Å². The summed E-state index contributed by atoms with van der Waals surface area (Å²) in [6.07, 6.45) is 2.75.